The Morgan fingerprint density at radius 1 is 1.19 bits per heavy atom. The maximum absolute atomic E-state index is 12.4. The molecule has 0 unspecified atom stereocenters. The zero-order valence-electron chi connectivity index (χ0n) is 15.7. The molecule has 1 aromatic carbocycles. The van der Waals surface area contributed by atoms with Crippen molar-refractivity contribution in [3.63, 3.8) is 0 Å². The Kier molecular flexibility index (Phi) is 5.97. The van der Waals surface area contributed by atoms with Gasteiger partial charge in [-0.05, 0) is 38.0 Å². The number of amides is 1. The van der Waals surface area contributed by atoms with Crippen LogP contribution in [0.25, 0.3) is 11.1 Å². The summed E-state index contributed by atoms with van der Waals surface area (Å²) in [4.78, 5) is 16.8. The van der Waals surface area contributed by atoms with E-state index in [0.29, 0.717) is 17.1 Å². The molecule has 0 aliphatic carbocycles. The highest BCUT2D eigenvalue weighted by Gasteiger charge is 2.25. The Bertz CT molecular complexity index is 948. The monoisotopic (exact) mass is 381 g/mol. The third kappa shape index (κ3) is 3.91. The molecule has 2 heterocycles. The lowest BCUT2D eigenvalue weighted by atomic mass is 9.97. The number of aromatic nitrogens is 2. The van der Waals surface area contributed by atoms with Crippen LogP contribution in [0.15, 0.2) is 48.7 Å². The molecule has 2 aromatic heterocycles. The van der Waals surface area contributed by atoms with Gasteiger partial charge in [-0.1, -0.05) is 49.2 Å². The van der Waals surface area contributed by atoms with Gasteiger partial charge in [0.05, 0.1) is 17.8 Å². The molecule has 3 rings (SSSR count). The fourth-order valence-corrected chi connectivity index (χ4v) is 3.76. The highest BCUT2D eigenvalue weighted by atomic mass is 35.5. The van der Waals surface area contributed by atoms with Crippen molar-refractivity contribution in [3.8, 4) is 11.1 Å². The number of unbranched alkanes of at least 4 members (excludes halogenated alkanes) is 1. The number of nitrogens with zero attached hydrogens (tertiary/aromatic N) is 2. The summed E-state index contributed by atoms with van der Waals surface area (Å²) in [7, 11) is 0. The van der Waals surface area contributed by atoms with Gasteiger partial charge < -0.3 is 10.3 Å². The van der Waals surface area contributed by atoms with E-state index >= 15 is 0 Å². The molecule has 4 nitrogen and oxygen atoms in total. The molecule has 5 heteroatoms. The Balaban J connectivity index is 2.25. The van der Waals surface area contributed by atoms with Gasteiger partial charge in [0, 0.05) is 33.7 Å². The normalized spacial score (nSPS) is 10.9. The molecule has 0 bridgehead atoms. The number of benzene rings is 1. The largest absolute Gasteiger partial charge is 0.366 e. The Morgan fingerprint density at radius 3 is 2.56 bits per heavy atom. The van der Waals surface area contributed by atoms with E-state index in [2.05, 4.69) is 16.5 Å². The van der Waals surface area contributed by atoms with E-state index in [1.54, 1.807) is 6.20 Å². The topological polar surface area (TPSA) is 60.9 Å². The van der Waals surface area contributed by atoms with Crippen molar-refractivity contribution in [2.24, 2.45) is 5.73 Å². The third-order valence-electron chi connectivity index (χ3n) is 4.83. The first kappa shape index (κ1) is 19.2. The predicted molar refractivity (Wildman–Crippen MR) is 110 cm³/mol. The number of pyridine rings is 1. The van der Waals surface area contributed by atoms with Gasteiger partial charge in [0.15, 0.2) is 0 Å². The molecule has 140 valence electrons. The Morgan fingerprint density at radius 2 is 1.93 bits per heavy atom. The fourth-order valence-electron chi connectivity index (χ4n) is 3.52. The number of carbonyl (C=O) groups is 1. The van der Waals surface area contributed by atoms with Gasteiger partial charge in [-0.2, -0.15) is 0 Å². The summed E-state index contributed by atoms with van der Waals surface area (Å²) < 4.78 is 2.16. The zero-order chi connectivity index (χ0) is 19.4. The maximum atomic E-state index is 12.4. The quantitative estimate of drug-likeness (QED) is 0.625. The Labute approximate surface area is 165 Å². The second-order valence-electron chi connectivity index (χ2n) is 6.64. The van der Waals surface area contributed by atoms with Gasteiger partial charge in [-0.25, -0.2) is 0 Å². The molecule has 3 aromatic rings. The van der Waals surface area contributed by atoms with E-state index in [1.165, 1.54) is 0 Å². The van der Waals surface area contributed by atoms with Crippen molar-refractivity contribution in [2.45, 2.75) is 39.7 Å². The van der Waals surface area contributed by atoms with Gasteiger partial charge >= 0.3 is 0 Å². The van der Waals surface area contributed by atoms with E-state index in [-0.39, 0.29) is 0 Å². The molecule has 0 fully saturated rings. The van der Waals surface area contributed by atoms with Gasteiger partial charge in [0.2, 0.25) is 0 Å². The van der Waals surface area contributed by atoms with Crippen LogP contribution < -0.4 is 5.73 Å². The van der Waals surface area contributed by atoms with Crippen LogP contribution >= 0.6 is 11.6 Å². The summed E-state index contributed by atoms with van der Waals surface area (Å²) in [6.07, 6.45) is 4.70. The third-order valence-corrected chi connectivity index (χ3v) is 5.16. The predicted octanol–water partition coefficient (Wildman–Crippen LogP) is 5.00. The minimum atomic E-state index is -0.431. The van der Waals surface area contributed by atoms with Crippen molar-refractivity contribution in [1.82, 2.24) is 9.55 Å². The van der Waals surface area contributed by atoms with Crippen LogP contribution in [-0.2, 0) is 13.0 Å². The summed E-state index contributed by atoms with van der Waals surface area (Å²) in [6.45, 7) is 4.69. The first-order chi connectivity index (χ1) is 13.0. The van der Waals surface area contributed by atoms with Gasteiger partial charge in [-0.3, -0.25) is 9.78 Å². The number of hydrogen-bond donors (Lipinski definition) is 1. The number of carbonyl (C=O) groups excluding carboxylic acids is 1. The summed E-state index contributed by atoms with van der Waals surface area (Å²) in [6, 6.07) is 13.5. The van der Waals surface area contributed by atoms with E-state index in [0.717, 1.165) is 47.5 Å². The van der Waals surface area contributed by atoms with Crippen LogP contribution in [0.2, 0.25) is 5.02 Å². The summed E-state index contributed by atoms with van der Waals surface area (Å²) in [5.41, 5.74) is 10.9. The standard InChI is InChI=1S/C22H24ClN3O/c1-3-4-12-19-21(17-10-5-6-11-18(17)23)20(22(24)27)15(2)26(19)14-16-9-7-8-13-25-16/h5-11,13H,3-4,12,14H2,1-2H3,(H2,24,27). The number of rotatable bonds is 7. The molecule has 0 aliphatic heterocycles. The SMILES string of the molecule is CCCCc1c(-c2ccccc2Cl)c(C(N)=O)c(C)n1Cc1ccccn1. The lowest BCUT2D eigenvalue weighted by Gasteiger charge is -2.13. The van der Waals surface area contributed by atoms with Crippen molar-refractivity contribution in [3.05, 3.63) is 76.3 Å². The smallest absolute Gasteiger partial charge is 0.251 e. The van der Waals surface area contributed by atoms with E-state index < -0.39 is 5.91 Å². The average Bonchev–Trinajstić information content (AvgIpc) is 2.93. The molecule has 27 heavy (non-hydrogen) atoms. The molecular weight excluding hydrogens is 358 g/mol. The highest BCUT2D eigenvalue weighted by Crippen LogP contribution is 2.37. The van der Waals surface area contributed by atoms with Crippen LogP contribution in [-0.4, -0.2) is 15.5 Å². The van der Waals surface area contributed by atoms with Crippen molar-refractivity contribution in [1.29, 1.82) is 0 Å². The van der Waals surface area contributed by atoms with Gasteiger partial charge in [0.1, 0.15) is 0 Å². The van der Waals surface area contributed by atoms with E-state index in [9.17, 15) is 4.79 Å². The highest BCUT2D eigenvalue weighted by molar-refractivity contribution is 6.33. The molecule has 0 radical (unpaired) electrons. The molecule has 0 aliphatic rings. The molecular formula is C22H24ClN3O. The average molecular weight is 382 g/mol. The molecule has 0 atom stereocenters. The van der Waals surface area contributed by atoms with Crippen LogP contribution in [0.5, 0.6) is 0 Å². The first-order valence-electron chi connectivity index (χ1n) is 9.21. The molecule has 0 saturated carbocycles. The van der Waals surface area contributed by atoms with Crippen LogP contribution in [0.3, 0.4) is 0 Å². The van der Waals surface area contributed by atoms with Crippen molar-refractivity contribution < 1.29 is 4.79 Å². The summed E-state index contributed by atoms with van der Waals surface area (Å²) in [5, 5.41) is 0.618. The second-order valence-corrected chi connectivity index (χ2v) is 7.04. The minimum Gasteiger partial charge on any atom is -0.366 e. The lowest BCUT2D eigenvalue weighted by Crippen LogP contribution is -2.14. The first-order valence-corrected chi connectivity index (χ1v) is 9.59. The number of nitrogens with two attached hydrogens (primary N) is 1. The molecule has 2 N–H and O–H groups in total. The molecule has 1 amide bonds. The Hall–Kier alpha value is -2.59. The van der Waals surface area contributed by atoms with E-state index in [1.807, 2.05) is 49.4 Å². The van der Waals surface area contributed by atoms with E-state index in [4.69, 9.17) is 17.3 Å². The summed E-state index contributed by atoms with van der Waals surface area (Å²) >= 11 is 6.49. The maximum Gasteiger partial charge on any atom is 0.251 e. The van der Waals surface area contributed by atoms with Crippen molar-refractivity contribution in [2.75, 3.05) is 0 Å². The van der Waals surface area contributed by atoms with Crippen LogP contribution in [0.1, 0.15) is 47.2 Å². The van der Waals surface area contributed by atoms with Crippen LogP contribution in [0, 0.1) is 6.92 Å². The summed E-state index contributed by atoms with van der Waals surface area (Å²) in [5.74, 6) is -0.431. The number of halogens is 1. The fraction of sp³-hybridized carbons (Fsp3) is 0.273. The van der Waals surface area contributed by atoms with Gasteiger partial charge in [-0.15, -0.1) is 0 Å². The second kappa shape index (κ2) is 8.40. The number of hydrogen-bond acceptors (Lipinski definition) is 2. The lowest BCUT2D eigenvalue weighted by molar-refractivity contribution is 0.1000. The molecule has 0 saturated heterocycles. The van der Waals surface area contributed by atoms with Crippen molar-refractivity contribution >= 4 is 17.5 Å². The molecule has 0 spiro atoms. The minimum absolute atomic E-state index is 0.431. The van der Waals surface area contributed by atoms with Gasteiger partial charge in [0.25, 0.3) is 5.91 Å². The zero-order valence-corrected chi connectivity index (χ0v) is 16.5. The van der Waals surface area contributed by atoms with Crippen LogP contribution in [0.4, 0.5) is 0 Å². The number of primary amides is 1.